The normalized spacial score (nSPS) is 31.7. The van der Waals surface area contributed by atoms with Crippen molar-refractivity contribution in [2.24, 2.45) is 5.92 Å². The van der Waals surface area contributed by atoms with Crippen LogP contribution in [0.15, 0.2) is 0 Å². The number of hydrogen-bond acceptors (Lipinski definition) is 2. The lowest BCUT2D eigenvalue weighted by molar-refractivity contribution is -0.0382. The molecule has 0 spiro atoms. The summed E-state index contributed by atoms with van der Waals surface area (Å²) in [7, 11) is 0. The Morgan fingerprint density at radius 3 is 2.47 bits per heavy atom. The minimum atomic E-state index is 0.166. The molecule has 2 aliphatic rings. The fourth-order valence-electron chi connectivity index (χ4n) is 2.55. The zero-order chi connectivity index (χ0) is 12.4. The first-order chi connectivity index (χ1) is 8.08. The predicted octanol–water partition coefficient (Wildman–Crippen LogP) is 1.95. The summed E-state index contributed by atoms with van der Waals surface area (Å²) in [6.07, 6.45) is 2.44. The van der Waals surface area contributed by atoms with Crippen LogP contribution in [0.4, 0.5) is 4.79 Å². The largest absolute Gasteiger partial charge is 0.375 e. The molecule has 2 unspecified atom stereocenters. The first-order valence-electron chi connectivity index (χ1n) is 6.75. The SMILES string of the molecule is CC1CCN(C(=O)N2CC(C)OCC2C)CC1. The highest BCUT2D eigenvalue weighted by Gasteiger charge is 2.31. The Labute approximate surface area is 104 Å². The van der Waals surface area contributed by atoms with Gasteiger partial charge < -0.3 is 14.5 Å². The maximum absolute atomic E-state index is 12.4. The highest BCUT2D eigenvalue weighted by Crippen LogP contribution is 2.20. The lowest BCUT2D eigenvalue weighted by atomic mass is 9.99. The zero-order valence-electron chi connectivity index (χ0n) is 11.2. The molecule has 0 aromatic heterocycles. The average Bonchev–Trinajstić information content (AvgIpc) is 2.32. The van der Waals surface area contributed by atoms with E-state index in [2.05, 4.69) is 13.8 Å². The summed E-state index contributed by atoms with van der Waals surface area (Å²) in [4.78, 5) is 16.4. The molecule has 0 radical (unpaired) electrons. The molecule has 2 aliphatic heterocycles. The number of amides is 2. The minimum absolute atomic E-state index is 0.166. The van der Waals surface area contributed by atoms with E-state index >= 15 is 0 Å². The number of carbonyl (C=O) groups is 1. The molecule has 0 N–H and O–H groups in total. The van der Waals surface area contributed by atoms with Crippen LogP contribution in [-0.4, -0.2) is 54.2 Å². The first kappa shape index (κ1) is 12.7. The summed E-state index contributed by atoms with van der Waals surface area (Å²) >= 11 is 0. The summed E-state index contributed by atoms with van der Waals surface area (Å²) in [5.41, 5.74) is 0. The number of piperidine rings is 1. The van der Waals surface area contributed by atoms with Crippen molar-refractivity contribution in [3.8, 4) is 0 Å². The second-order valence-electron chi connectivity index (χ2n) is 5.60. The summed E-state index contributed by atoms with van der Waals surface area (Å²) in [5, 5.41) is 0. The van der Waals surface area contributed by atoms with Gasteiger partial charge in [-0.1, -0.05) is 6.92 Å². The third kappa shape index (κ3) is 2.92. The number of urea groups is 1. The van der Waals surface area contributed by atoms with Gasteiger partial charge in [0.15, 0.2) is 0 Å². The van der Waals surface area contributed by atoms with Crippen LogP contribution >= 0.6 is 0 Å². The van der Waals surface area contributed by atoms with E-state index < -0.39 is 0 Å². The van der Waals surface area contributed by atoms with Crippen LogP contribution in [0.1, 0.15) is 33.6 Å². The molecule has 2 rings (SSSR count). The summed E-state index contributed by atoms with van der Waals surface area (Å²) < 4.78 is 5.56. The molecule has 0 aromatic carbocycles. The summed E-state index contributed by atoms with van der Waals surface area (Å²) in [6.45, 7) is 9.59. The number of hydrogen-bond donors (Lipinski definition) is 0. The smallest absolute Gasteiger partial charge is 0.320 e. The zero-order valence-corrected chi connectivity index (χ0v) is 11.2. The fourth-order valence-corrected chi connectivity index (χ4v) is 2.55. The lowest BCUT2D eigenvalue weighted by Crippen LogP contribution is -2.55. The van der Waals surface area contributed by atoms with Crippen molar-refractivity contribution in [2.45, 2.75) is 45.8 Å². The van der Waals surface area contributed by atoms with E-state index in [1.807, 2.05) is 16.7 Å². The molecule has 0 saturated carbocycles. The van der Waals surface area contributed by atoms with Crippen molar-refractivity contribution in [3.05, 3.63) is 0 Å². The minimum Gasteiger partial charge on any atom is -0.375 e. The van der Waals surface area contributed by atoms with Gasteiger partial charge in [0.05, 0.1) is 18.8 Å². The van der Waals surface area contributed by atoms with Crippen LogP contribution < -0.4 is 0 Å². The molecule has 98 valence electrons. The van der Waals surface area contributed by atoms with Gasteiger partial charge in [0.1, 0.15) is 0 Å². The molecule has 2 amide bonds. The molecule has 2 heterocycles. The van der Waals surface area contributed by atoms with Gasteiger partial charge in [-0.05, 0) is 32.6 Å². The fraction of sp³-hybridized carbons (Fsp3) is 0.923. The van der Waals surface area contributed by atoms with Crippen molar-refractivity contribution < 1.29 is 9.53 Å². The second-order valence-corrected chi connectivity index (χ2v) is 5.60. The monoisotopic (exact) mass is 240 g/mol. The third-order valence-corrected chi connectivity index (χ3v) is 3.91. The highest BCUT2D eigenvalue weighted by molar-refractivity contribution is 5.75. The van der Waals surface area contributed by atoms with Gasteiger partial charge in [-0.3, -0.25) is 0 Å². The van der Waals surface area contributed by atoms with Gasteiger partial charge in [-0.2, -0.15) is 0 Å². The van der Waals surface area contributed by atoms with Crippen LogP contribution in [-0.2, 0) is 4.74 Å². The topological polar surface area (TPSA) is 32.8 Å². The molecule has 2 atom stereocenters. The van der Waals surface area contributed by atoms with Gasteiger partial charge >= 0.3 is 6.03 Å². The highest BCUT2D eigenvalue weighted by atomic mass is 16.5. The van der Waals surface area contributed by atoms with E-state index in [0.717, 1.165) is 38.4 Å². The Morgan fingerprint density at radius 1 is 1.18 bits per heavy atom. The molecule has 0 aliphatic carbocycles. The molecular weight excluding hydrogens is 216 g/mol. The number of carbonyl (C=O) groups excluding carboxylic acids is 1. The van der Waals surface area contributed by atoms with Crippen molar-refractivity contribution in [3.63, 3.8) is 0 Å². The Balaban J connectivity index is 1.94. The van der Waals surface area contributed by atoms with Gasteiger partial charge in [0, 0.05) is 19.6 Å². The molecule has 2 fully saturated rings. The van der Waals surface area contributed by atoms with Gasteiger partial charge in [-0.25, -0.2) is 4.79 Å². The quantitative estimate of drug-likeness (QED) is 0.648. The molecule has 2 saturated heterocycles. The Bertz CT molecular complexity index is 275. The lowest BCUT2D eigenvalue weighted by Gasteiger charge is -2.41. The van der Waals surface area contributed by atoms with E-state index in [-0.39, 0.29) is 18.2 Å². The first-order valence-corrected chi connectivity index (χ1v) is 6.75. The van der Waals surface area contributed by atoms with Gasteiger partial charge in [0.25, 0.3) is 0 Å². The molecule has 4 nitrogen and oxygen atoms in total. The van der Waals surface area contributed by atoms with Crippen molar-refractivity contribution >= 4 is 6.03 Å². The van der Waals surface area contributed by atoms with Crippen LogP contribution in [0, 0.1) is 5.92 Å². The second kappa shape index (κ2) is 5.25. The van der Waals surface area contributed by atoms with Crippen molar-refractivity contribution in [1.82, 2.24) is 9.80 Å². The molecular formula is C13H24N2O2. The molecule has 0 aromatic rings. The van der Waals surface area contributed by atoms with E-state index in [1.54, 1.807) is 0 Å². The standard InChI is InChI=1S/C13H24N2O2/c1-10-4-6-14(7-5-10)13(16)15-8-12(3)17-9-11(15)2/h10-12H,4-9H2,1-3H3. The van der Waals surface area contributed by atoms with Crippen molar-refractivity contribution in [2.75, 3.05) is 26.2 Å². The Kier molecular flexibility index (Phi) is 3.92. The van der Waals surface area contributed by atoms with Crippen LogP contribution in [0.2, 0.25) is 0 Å². The molecule has 17 heavy (non-hydrogen) atoms. The third-order valence-electron chi connectivity index (χ3n) is 3.91. The number of morpholine rings is 1. The summed E-state index contributed by atoms with van der Waals surface area (Å²) in [5.74, 6) is 0.764. The Hall–Kier alpha value is -0.770. The summed E-state index contributed by atoms with van der Waals surface area (Å²) in [6, 6.07) is 0.414. The molecule has 4 heteroatoms. The number of rotatable bonds is 0. The van der Waals surface area contributed by atoms with Crippen molar-refractivity contribution in [1.29, 1.82) is 0 Å². The van der Waals surface area contributed by atoms with Crippen LogP contribution in [0.3, 0.4) is 0 Å². The van der Waals surface area contributed by atoms with Gasteiger partial charge in [-0.15, -0.1) is 0 Å². The number of nitrogens with zero attached hydrogens (tertiary/aromatic N) is 2. The van der Waals surface area contributed by atoms with Crippen LogP contribution in [0.25, 0.3) is 0 Å². The average molecular weight is 240 g/mol. The number of likely N-dealkylation sites (tertiary alicyclic amines) is 1. The predicted molar refractivity (Wildman–Crippen MR) is 66.9 cm³/mol. The van der Waals surface area contributed by atoms with E-state index in [9.17, 15) is 4.79 Å². The number of ether oxygens (including phenoxy) is 1. The maximum atomic E-state index is 12.4. The van der Waals surface area contributed by atoms with E-state index in [4.69, 9.17) is 4.74 Å². The Morgan fingerprint density at radius 2 is 1.82 bits per heavy atom. The van der Waals surface area contributed by atoms with E-state index in [1.165, 1.54) is 0 Å². The molecule has 0 bridgehead atoms. The maximum Gasteiger partial charge on any atom is 0.320 e. The van der Waals surface area contributed by atoms with E-state index in [0.29, 0.717) is 6.61 Å². The van der Waals surface area contributed by atoms with Crippen LogP contribution in [0.5, 0.6) is 0 Å². The van der Waals surface area contributed by atoms with Gasteiger partial charge in [0.2, 0.25) is 0 Å².